The third kappa shape index (κ3) is 2.26. The first kappa shape index (κ1) is 15.2. The quantitative estimate of drug-likeness (QED) is 0.843. The number of hydrogen-bond acceptors (Lipinski definition) is 7. The Morgan fingerprint density at radius 1 is 1.16 bits per heavy atom. The number of hydrogen-bond donors (Lipinski definition) is 0. The third-order valence-electron chi connectivity index (χ3n) is 5.78. The largest absolute Gasteiger partial charge is 0.493 e. The molecule has 7 heteroatoms. The highest BCUT2D eigenvalue weighted by Crippen LogP contribution is 2.53. The molecule has 0 N–H and O–H groups in total. The zero-order valence-corrected chi connectivity index (χ0v) is 14.4. The van der Waals surface area contributed by atoms with Gasteiger partial charge in [-0.1, -0.05) is 5.16 Å². The normalized spacial score (nSPS) is 30.6. The van der Waals surface area contributed by atoms with Crippen LogP contribution in [0.15, 0.2) is 22.7 Å². The van der Waals surface area contributed by atoms with E-state index in [2.05, 4.69) is 15.0 Å². The second kappa shape index (κ2) is 5.44. The maximum atomic E-state index is 6.07. The summed E-state index contributed by atoms with van der Waals surface area (Å²) in [7, 11) is 3.22. The highest BCUT2D eigenvalue weighted by Gasteiger charge is 2.58. The van der Waals surface area contributed by atoms with Crippen molar-refractivity contribution in [2.45, 2.75) is 24.5 Å². The first-order valence-electron chi connectivity index (χ1n) is 8.63. The average Bonchev–Trinajstić information content (AvgIpc) is 3.32. The van der Waals surface area contributed by atoms with Crippen LogP contribution in [0, 0.1) is 5.92 Å². The average molecular weight is 343 g/mol. The SMILES string of the molecule is COc1ccc(-c2noc(C3CN4CC5CC4(CO3)C5)n2)cc1OC. The van der Waals surface area contributed by atoms with Crippen molar-refractivity contribution < 1.29 is 18.7 Å². The molecule has 1 saturated carbocycles. The summed E-state index contributed by atoms with van der Waals surface area (Å²) in [6.07, 6.45) is 2.41. The van der Waals surface area contributed by atoms with Gasteiger partial charge < -0.3 is 18.7 Å². The highest BCUT2D eigenvalue weighted by atomic mass is 16.5. The first-order valence-corrected chi connectivity index (χ1v) is 8.63. The predicted molar refractivity (Wildman–Crippen MR) is 88.6 cm³/mol. The van der Waals surface area contributed by atoms with E-state index in [1.165, 1.54) is 19.4 Å². The van der Waals surface area contributed by atoms with Crippen molar-refractivity contribution in [2.24, 2.45) is 5.92 Å². The van der Waals surface area contributed by atoms with Gasteiger partial charge in [-0.2, -0.15) is 4.98 Å². The van der Waals surface area contributed by atoms with Gasteiger partial charge in [0.25, 0.3) is 5.89 Å². The molecular weight excluding hydrogens is 322 g/mol. The molecule has 3 aliphatic heterocycles. The summed E-state index contributed by atoms with van der Waals surface area (Å²) in [6.45, 7) is 2.78. The second-order valence-electron chi connectivity index (χ2n) is 7.23. The van der Waals surface area contributed by atoms with Crippen LogP contribution in [-0.4, -0.2) is 54.5 Å². The number of benzene rings is 1. The zero-order chi connectivity index (χ0) is 17.0. The van der Waals surface area contributed by atoms with Gasteiger partial charge in [-0.3, -0.25) is 4.90 Å². The molecule has 1 atom stereocenters. The Morgan fingerprint density at radius 3 is 2.80 bits per heavy atom. The van der Waals surface area contributed by atoms with E-state index in [4.69, 9.17) is 18.7 Å². The van der Waals surface area contributed by atoms with Crippen LogP contribution >= 0.6 is 0 Å². The molecule has 0 amide bonds. The van der Waals surface area contributed by atoms with Crippen LogP contribution in [0.3, 0.4) is 0 Å². The molecular formula is C18H21N3O4. The molecule has 4 fully saturated rings. The summed E-state index contributed by atoms with van der Waals surface area (Å²) in [5, 5.41) is 4.12. The smallest absolute Gasteiger partial charge is 0.257 e. The van der Waals surface area contributed by atoms with E-state index in [-0.39, 0.29) is 6.10 Å². The van der Waals surface area contributed by atoms with Crippen molar-refractivity contribution in [3.05, 3.63) is 24.1 Å². The summed E-state index contributed by atoms with van der Waals surface area (Å²) in [4.78, 5) is 7.11. The molecule has 6 rings (SSSR count). The lowest BCUT2D eigenvalue weighted by Crippen LogP contribution is -2.54. The van der Waals surface area contributed by atoms with Gasteiger partial charge in [0.2, 0.25) is 5.82 Å². The Kier molecular flexibility index (Phi) is 3.30. The molecule has 132 valence electrons. The van der Waals surface area contributed by atoms with Crippen molar-refractivity contribution in [3.8, 4) is 22.9 Å². The first-order chi connectivity index (χ1) is 12.2. The van der Waals surface area contributed by atoms with Gasteiger partial charge in [0.1, 0.15) is 6.10 Å². The molecule has 1 spiro atoms. The molecule has 4 heterocycles. The van der Waals surface area contributed by atoms with Crippen molar-refractivity contribution in [2.75, 3.05) is 33.9 Å². The molecule has 2 bridgehead atoms. The Labute approximate surface area is 145 Å². The summed E-state index contributed by atoms with van der Waals surface area (Å²) in [5.74, 6) is 3.24. The van der Waals surface area contributed by atoms with E-state index >= 15 is 0 Å². The number of aromatic nitrogens is 2. The van der Waals surface area contributed by atoms with Crippen molar-refractivity contribution >= 4 is 0 Å². The van der Waals surface area contributed by atoms with Crippen LogP contribution in [0.2, 0.25) is 0 Å². The van der Waals surface area contributed by atoms with Crippen LogP contribution in [0.5, 0.6) is 11.5 Å². The van der Waals surface area contributed by atoms with Gasteiger partial charge in [0.15, 0.2) is 11.5 Å². The van der Waals surface area contributed by atoms with Crippen LogP contribution in [-0.2, 0) is 4.74 Å². The molecule has 1 aromatic heterocycles. The second-order valence-corrected chi connectivity index (χ2v) is 7.23. The number of nitrogens with zero attached hydrogens (tertiary/aromatic N) is 3. The summed E-state index contributed by atoms with van der Waals surface area (Å²) in [6, 6.07) is 5.57. The molecule has 1 aliphatic carbocycles. The summed E-state index contributed by atoms with van der Waals surface area (Å²) >= 11 is 0. The van der Waals surface area contributed by atoms with Crippen LogP contribution in [0.4, 0.5) is 0 Å². The van der Waals surface area contributed by atoms with Crippen molar-refractivity contribution in [3.63, 3.8) is 0 Å². The Hall–Kier alpha value is -2.12. The van der Waals surface area contributed by atoms with E-state index in [1.807, 2.05) is 18.2 Å². The van der Waals surface area contributed by atoms with Crippen molar-refractivity contribution in [1.82, 2.24) is 15.0 Å². The minimum atomic E-state index is -0.147. The van der Waals surface area contributed by atoms with Gasteiger partial charge in [0.05, 0.1) is 20.8 Å². The molecule has 7 nitrogen and oxygen atoms in total. The topological polar surface area (TPSA) is 69.9 Å². The summed E-state index contributed by atoms with van der Waals surface area (Å²) in [5.41, 5.74) is 1.12. The molecule has 3 saturated heterocycles. The molecule has 0 radical (unpaired) electrons. The molecule has 1 unspecified atom stereocenters. The number of ether oxygens (including phenoxy) is 3. The molecule has 1 aromatic carbocycles. The molecule has 2 aromatic rings. The Bertz CT molecular complexity index is 799. The van der Waals surface area contributed by atoms with E-state index in [0.717, 1.165) is 24.6 Å². The van der Waals surface area contributed by atoms with Gasteiger partial charge in [-0.05, 0) is 37.0 Å². The maximum Gasteiger partial charge on any atom is 0.257 e. The fourth-order valence-corrected chi connectivity index (χ4v) is 4.50. The number of methoxy groups -OCH3 is 2. The Morgan fingerprint density at radius 2 is 2.00 bits per heavy atom. The standard InChI is InChI=1S/C18H21N3O4/c1-22-13-4-3-12(5-14(13)23-2)16-19-17(25-20-16)15-9-21-8-11-6-18(21,7-11)10-24-15/h3-5,11,15H,6-10H2,1-2H3. The fourth-order valence-electron chi connectivity index (χ4n) is 4.50. The van der Waals surface area contributed by atoms with Gasteiger partial charge >= 0.3 is 0 Å². The monoisotopic (exact) mass is 343 g/mol. The lowest BCUT2D eigenvalue weighted by molar-refractivity contribution is -0.114. The molecule has 25 heavy (non-hydrogen) atoms. The van der Waals surface area contributed by atoms with E-state index in [1.54, 1.807) is 14.2 Å². The van der Waals surface area contributed by atoms with Gasteiger partial charge in [-0.15, -0.1) is 0 Å². The Balaban J connectivity index is 1.37. The van der Waals surface area contributed by atoms with E-state index < -0.39 is 0 Å². The van der Waals surface area contributed by atoms with Crippen molar-refractivity contribution in [1.29, 1.82) is 0 Å². The van der Waals surface area contributed by atoms with Gasteiger partial charge in [-0.25, -0.2) is 0 Å². The lowest BCUT2D eigenvalue weighted by atomic mass is 9.73. The minimum absolute atomic E-state index is 0.147. The number of rotatable bonds is 4. The predicted octanol–water partition coefficient (Wildman–Crippen LogP) is 2.29. The fraction of sp³-hybridized carbons (Fsp3) is 0.556. The molecule has 4 aliphatic rings. The lowest BCUT2D eigenvalue weighted by Gasteiger charge is -2.46. The number of morpholine rings is 1. The maximum absolute atomic E-state index is 6.07. The van der Waals surface area contributed by atoms with Crippen LogP contribution < -0.4 is 9.47 Å². The van der Waals surface area contributed by atoms with E-state index in [9.17, 15) is 0 Å². The zero-order valence-electron chi connectivity index (χ0n) is 14.4. The highest BCUT2D eigenvalue weighted by molar-refractivity contribution is 5.60. The third-order valence-corrected chi connectivity index (χ3v) is 5.78. The van der Waals surface area contributed by atoms with Gasteiger partial charge in [0, 0.05) is 24.2 Å². The van der Waals surface area contributed by atoms with Crippen LogP contribution in [0.25, 0.3) is 11.4 Å². The minimum Gasteiger partial charge on any atom is -0.493 e. The summed E-state index contributed by atoms with van der Waals surface area (Å²) < 4.78 is 22.2. The van der Waals surface area contributed by atoms with E-state index in [0.29, 0.717) is 28.8 Å². The van der Waals surface area contributed by atoms with Crippen LogP contribution in [0.1, 0.15) is 24.8 Å².